The first-order chi connectivity index (χ1) is 8.11. The summed E-state index contributed by atoms with van der Waals surface area (Å²) in [6.45, 7) is 3.98. The van der Waals surface area contributed by atoms with Gasteiger partial charge in [-0.25, -0.2) is 4.98 Å². The Morgan fingerprint density at radius 1 is 1.59 bits per heavy atom. The Hall–Kier alpha value is -1.30. The molecule has 1 N–H and O–H groups in total. The second kappa shape index (κ2) is 7.11. The number of H-pyrrole nitrogens is 1. The first-order valence-electron chi connectivity index (χ1n) is 5.48. The van der Waals surface area contributed by atoms with Gasteiger partial charge >= 0.3 is 5.97 Å². The predicted octanol–water partition coefficient (Wildman–Crippen LogP) is 1.51. The fourth-order valence-electron chi connectivity index (χ4n) is 1.24. The molecule has 0 unspecified atom stereocenters. The second-order valence-electron chi connectivity index (χ2n) is 3.45. The maximum absolute atomic E-state index is 11.2. The molecule has 0 radical (unpaired) electrons. The fraction of sp³-hybridized carbons (Fsp3) is 0.545. The molecule has 0 amide bonds. The summed E-state index contributed by atoms with van der Waals surface area (Å²) in [6.07, 6.45) is 1.11. The van der Waals surface area contributed by atoms with Crippen molar-refractivity contribution in [3.8, 4) is 0 Å². The molecule has 5 nitrogen and oxygen atoms in total. The average molecular weight is 256 g/mol. The highest BCUT2D eigenvalue weighted by Gasteiger charge is 2.03. The molecule has 0 aliphatic carbocycles. The van der Waals surface area contributed by atoms with Crippen molar-refractivity contribution in [2.75, 3.05) is 12.4 Å². The molecule has 0 aromatic carbocycles. The number of ether oxygens (including phenoxy) is 1. The number of aromatic nitrogens is 2. The lowest BCUT2D eigenvalue weighted by Gasteiger charge is -2.02. The van der Waals surface area contributed by atoms with Gasteiger partial charge in [0, 0.05) is 23.9 Å². The number of hydrogen-bond donors (Lipinski definition) is 1. The molecule has 0 bridgehead atoms. The smallest absolute Gasteiger partial charge is 0.305 e. The summed E-state index contributed by atoms with van der Waals surface area (Å²) < 4.78 is 4.81. The van der Waals surface area contributed by atoms with E-state index < -0.39 is 0 Å². The third-order valence-corrected chi connectivity index (χ3v) is 2.88. The van der Waals surface area contributed by atoms with Crippen LogP contribution in [-0.4, -0.2) is 28.3 Å². The molecule has 0 saturated heterocycles. The number of carbonyl (C=O) groups is 1. The third kappa shape index (κ3) is 5.53. The largest absolute Gasteiger partial charge is 0.466 e. The molecule has 0 fully saturated rings. The highest BCUT2D eigenvalue weighted by Crippen LogP contribution is 2.13. The minimum absolute atomic E-state index is 0.148. The molecule has 0 atom stereocenters. The second-order valence-corrected chi connectivity index (χ2v) is 4.53. The predicted molar refractivity (Wildman–Crippen MR) is 66.2 cm³/mol. The van der Waals surface area contributed by atoms with E-state index in [2.05, 4.69) is 9.97 Å². The number of carbonyl (C=O) groups excluding carboxylic acids is 1. The van der Waals surface area contributed by atoms with Crippen LogP contribution in [0.25, 0.3) is 0 Å². The minimum Gasteiger partial charge on any atom is -0.466 e. The molecule has 0 aliphatic heterocycles. The minimum atomic E-state index is -0.182. The van der Waals surface area contributed by atoms with Gasteiger partial charge in [0.1, 0.15) is 0 Å². The van der Waals surface area contributed by atoms with Crippen LogP contribution in [0.3, 0.4) is 0 Å². The Labute approximate surface area is 104 Å². The zero-order valence-corrected chi connectivity index (χ0v) is 10.8. The van der Waals surface area contributed by atoms with Gasteiger partial charge in [-0.15, -0.1) is 0 Å². The standard InChI is InChI=1S/C11H16N2O3S/c1-3-16-10(15)5-4-6-17-11-12-8(2)7-9(14)13-11/h7H,3-6H2,1-2H3,(H,12,13,14). The molecule has 1 heterocycles. The lowest BCUT2D eigenvalue weighted by Crippen LogP contribution is -2.08. The van der Waals surface area contributed by atoms with Crippen LogP contribution in [0.4, 0.5) is 0 Å². The van der Waals surface area contributed by atoms with Crippen LogP contribution >= 0.6 is 11.8 Å². The number of esters is 1. The van der Waals surface area contributed by atoms with Gasteiger partial charge < -0.3 is 9.72 Å². The maximum Gasteiger partial charge on any atom is 0.305 e. The van der Waals surface area contributed by atoms with Crippen LogP contribution in [0.2, 0.25) is 0 Å². The molecule has 0 saturated carbocycles. The van der Waals surface area contributed by atoms with Gasteiger partial charge in [-0.3, -0.25) is 9.59 Å². The van der Waals surface area contributed by atoms with E-state index in [0.29, 0.717) is 30.3 Å². The highest BCUT2D eigenvalue weighted by atomic mass is 32.2. The molecule has 94 valence electrons. The van der Waals surface area contributed by atoms with E-state index in [9.17, 15) is 9.59 Å². The topological polar surface area (TPSA) is 72.0 Å². The van der Waals surface area contributed by atoms with Gasteiger partial charge in [0.25, 0.3) is 5.56 Å². The Morgan fingerprint density at radius 3 is 3.00 bits per heavy atom. The van der Waals surface area contributed by atoms with Crippen molar-refractivity contribution in [2.24, 2.45) is 0 Å². The van der Waals surface area contributed by atoms with Gasteiger partial charge in [-0.1, -0.05) is 11.8 Å². The van der Waals surface area contributed by atoms with E-state index in [1.165, 1.54) is 17.8 Å². The summed E-state index contributed by atoms with van der Waals surface area (Å²) in [4.78, 5) is 29.0. The zero-order valence-electron chi connectivity index (χ0n) is 9.99. The number of hydrogen-bond acceptors (Lipinski definition) is 5. The van der Waals surface area contributed by atoms with Crippen LogP contribution < -0.4 is 5.56 Å². The molecular weight excluding hydrogens is 240 g/mol. The van der Waals surface area contributed by atoms with Crippen molar-refractivity contribution in [1.29, 1.82) is 0 Å². The molecule has 6 heteroatoms. The van der Waals surface area contributed by atoms with Crippen molar-refractivity contribution < 1.29 is 9.53 Å². The van der Waals surface area contributed by atoms with Crippen molar-refractivity contribution in [2.45, 2.75) is 31.8 Å². The zero-order chi connectivity index (χ0) is 12.7. The van der Waals surface area contributed by atoms with E-state index in [1.54, 1.807) is 13.8 Å². The summed E-state index contributed by atoms with van der Waals surface area (Å²) in [7, 11) is 0. The van der Waals surface area contributed by atoms with Crippen LogP contribution in [0.15, 0.2) is 16.0 Å². The van der Waals surface area contributed by atoms with E-state index in [1.807, 2.05) is 0 Å². The van der Waals surface area contributed by atoms with Crippen LogP contribution in [0.5, 0.6) is 0 Å². The first kappa shape index (κ1) is 13.8. The van der Waals surface area contributed by atoms with Crippen molar-refractivity contribution in [3.63, 3.8) is 0 Å². The summed E-state index contributed by atoms with van der Waals surface area (Å²) in [5.74, 6) is 0.546. The monoisotopic (exact) mass is 256 g/mol. The summed E-state index contributed by atoms with van der Waals surface area (Å²) >= 11 is 1.43. The van der Waals surface area contributed by atoms with Crippen LogP contribution in [0.1, 0.15) is 25.5 Å². The molecule has 1 aromatic heterocycles. The van der Waals surface area contributed by atoms with Crippen molar-refractivity contribution >= 4 is 17.7 Å². The Balaban J connectivity index is 2.31. The SMILES string of the molecule is CCOC(=O)CCCSc1nc(C)cc(=O)[nH]1. The normalized spacial score (nSPS) is 10.2. The first-order valence-corrected chi connectivity index (χ1v) is 6.46. The molecule has 0 spiro atoms. The van der Waals surface area contributed by atoms with E-state index in [4.69, 9.17) is 4.74 Å². The van der Waals surface area contributed by atoms with Gasteiger partial charge in [0.15, 0.2) is 5.16 Å². The molecule has 17 heavy (non-hydrogen) atoms. The Morgan fingerprint density at radius 2 is 2.35 bits per heavy atom. The number of rotatable bonds is 6. The summed E-state index contributed by atoms with van der Waals surface area (Å²) in [5.41, 5.74) is 0.548. The van der Waals surface area contributed by atoms with Crippen LogP contribution in [-0.2, 0) is 9.53 Å². The Kier molecular flexibility index (Phi) is 5.76. The van der Waals surface area contributed by atoms with E-state index >= 15 is 0 Å². The van der Waals surface area contributed by atoms with Gasteiger partial charge in [-0.05, 0) is 20.3 Å². The van der Waals surface area contributed by atoms with Gasteiger partial charge in [0.2, 0.25) is 0 Å². The maximum atomic E-state index is 11.2. The summed E-state index contributed by atoms with van der Waals surface area (Å²) in [5, 5.41) is 0.596. The number of aryl methyl sites for hydroxylation is 1. The number of nitrogens with zero attached hydrogens (tertiary/aromatic N) is 1. The molecule has 0 aliphatic rings. The quantitative estimate of drug-likeness (QED) is 0.361. The lowest BCUT2D eigenvalue weighted by molar-refractivity contribution is -0.143. The van der Waals surface area contributed by atoms with Gasteiger partial charge in [-0.2, -0.15) is 0 Å². The lowest BCUT2D eigenvalue weighted by atomic mass is 10.3. The molecule has 1 aromatic rings. The summed E-state index contributed by atoms with van der Waals surface area (Å²) in [6, 6.07) is 1.45. The van der Waals surface area contributed by atoms with Crippen molar-refractivity contribution in [1.82, 2.24) is 9.97 Å². The number of aromatic amines is 1. The number of nitrogens with one attached hydrogen (secondary N) is 1. The number of thioether (sulfide) groups is 1. The highest BCUT2D eigenvalue weighted by molar-refractivity contribution is 7.99. The van der Waals surface area contributed by atoms with Crippen LogP contribution in [0, 0.1) is 6.92 Å². The molecule has 1 rings (SSSR count). The van der Waals surface area contributed by atoms with Gasteiger partial charge in [0.05, 0.1) is 6.61 Å². The van der Waals surface area contributed by atoms with E-state index in [-0.39, 0.29) is 11.5 Å². The molecular formula is C11H16N2O3S. The fourth-order valence-corrected chi connectivity index (χ4v) is 2.10. The van der Waals surface area contributed by atoms with E-state index in [0.717, 1.165) is 5.75 Å². The third-order valence-electron chi connectivity index (χ3n) is 1.92. The Bertz CT molecular complexity index is 431. The van der Waals surface area contributed by atoms with Crippen molar-refractivity contribution in [3.05, 3.63) is 22.1 Å². The average Bonchev–Trinajstić information content (AvgIpc) is 2.23.